The van der Waals surface area contributed by atoms with Crippen molar-refractivity contribution in [2.24, 2.45) is 0 Å². The highest BCUT2D eigenvalue weighted by Crippen LogP contribution is 2.39. The Hall–Kier alpha value is -2.57. The normalized spacial score (nSPS) is 18.3. The molecule has 6 heteroatoms. The maximum absolute atomic E-state index is 13.1. The van der Waals surface area contributed by atoms with E-state index in [-0.39, 0.29) is 11.9 Å². The van der Waals surface area contributed by atoms with Gasteiger partial charge in [-0.15, -0.1) is 22.7 Å². The minimum atomic E-state index is 0.00687. The first-order valence-electron chi connectivity index (χ1n) is 9.27. The van der Waals surface area contributed by atoms with E-state index in [0.717, 1.165) is 30.0 Å². The number of hydrogen-bond donors (Lipinski definition) is 0. The Labute approximate surface area is 171 Å². The molecule has 0 N–H and O–H groups in total. The summed E-state index contributed by atoms with van der Waals surface area (Å²) in [5.74, 6) is 1.52. The molecule has 1 aromatic carbocycles. The molecule has 0 bridgehead atoms. The number of amides is 1. The molecule has 0 aliphatic carbocycles. The van der Waals surface area contributed by atoms with Crippen molar-refractivity contribution in [1.29, 1.82) is 0 Å². The number of nitrogens with zero attached hydrogens (tertiary/aromatic N) is 1. The molecule has 1 amide bonds. The van der Waals surface area contributed by atoms with Crippen molar-refractivity contribution < 1.29 is 14.3 Å². The van der Waals surface area contributed by atoms with Gasteiger partial charge >= 0.3 is 0 Å². The average molecular weight is 410 g/mol. The number of rotatable bonds is 3. The quantitative estimate of drug-likeness (QED) is 0.585. The van der Waals surface area contributed by atoms with Crippen LogP contribution < -0.4 is 9.47 Å². The van der Waals surface area contributed by atoms with Gasteiger partial charge in [-0.2, -0.15) is 0 Å². The lowest BCUT2D eigenvalue weighted by molar-refractivity contribution is -0.127. The zero-order valence-corrected chi connectivity index (χ0v) is 16.8. The van der Waals surface area contributed by atoms with Gasteiger partial charge in [-0.1, -0.05) is 12.1 Å². The number of carbonyl (C=O) groups excluding carboxylic acids is 1. The molecule has 0 spiro atoms. The van der Waals surface area contributed by atoms with E-state index in [2.05, 4.69) is 22.9 Å². The van der Waals surface area contributed by atoms with Crippen molar-refractivity contribution >= 4 is 34.7 Å². The summed E-state index contributed by atoms with van der Waals surface area (Å²) in [7, 11) is 0. The van der Waals surface area contributed by atoms with E-state index in [9.17, 15) is 4.79 Å². The number of hydrogen-bond acceptors (Lipinski definition) is 5. The molecule has 0 saturated carbocycles. The molecule has 142 valence electrons. The molecular weight excluding hydrogens is 390 g/mol. The molecule has 0 radical (unpaired) electrons. The van der Waals surface area contributed by atoms with Crippen LogP contribution in [0, 0.1) is 0 Å². The summed E-state index contributed by atoms with van der Waals surface area (Å²) in [6, 6.07) is 12.1. The van der Waals surface area contributed by atoms with Gasteiger partial charge in [0, 0.05) is 22.4 Å². The van der Waals surface area contributed by atoms with Crippen molar-refractivity contribution in [2.75, 3.05) is 19.8 Å². The summed E-state index contributed by atoms with van der Waals surface area (Å²) in [4.78, 5) is 17.7. The van der Waals surface area contributed by atoms with E-state index < -0.39 is 0 Å². The lowest BCUT2D eigenvalue weighted by atomic mass is 9.98. The number of thiophene rings is 2. The zero-order valence-electron chi connectivity index (χ0n) is 15.2. The summed E-state index contributed by atoms with van der Waals surface area (Å²) < 4.78 is 11.2. The fraction of sp³-hybridized carbons (Fsp3) is 0.227. The molecule has 2 aliphatic rings. The molecule has 5 rings (SSSR count). The second-order valence-electron chi connectivity index (χ2n) is 6.74. The summed E-state index contributed by atoms with van der Waals surface area (Å²) in [5.41, 5.74) is 2.19. The minimum absolute atomic E-state index is 0.00687. The molecule has 2 aromatic heterocycles. The van der Waals surface area contributed by atoms with E-state index in [1.165, 1.54) is 15.3 Å². The monoisotopic (exact) mass is 409 g/mol. The van der Waals surface area contributed by atoms with Gasteiger partial charge in [0.25, 0.3) is 0 Å². The van der Waals surface area contributed by atoms with Crippen LogP contribution in [0.4, 0.5) is 0 Å². The highest BCUT2D eigenvalue weighted by molar-refractivity contribution is 7.10. The Bertz CT molecular complexity index is 1020. The predicted octanol–water partition coefficient (Wildman–Crippen LogP) is 4.77. The highest BCUT2D eigenvalue weighted by atomic mass is 32.1. The maximum atomic E-state index is 13.1. The van der Waals surface area contributed by atoms with Crippen LogP contribution in [-0.2, 0) is 11.2 Å². The Balaban J connectivity index is 1.40. The fourth-order valence-corrected chi connectivity index (χ4v) is 5.49. The molecule has 0 fully saturated rings. The van der Waals surface area contributed by atoms with Crippen LogP contribution in [0.3, 0.4) is 0 Å². The summed E-state index contributed by atoms with van der Waals surface area (Å²) in [6.45, 7) is 1.86. The van der Waals surface area contributed by atoms with Crippen molar-refractivity contribution in [1.82, 2.24) is 4.90 Å². The Kier molecular flexibility index (Phi) is 4.66. The third-order valence-corrected chi connectivity index (χ3v) is 6.97. The van der Waals surface area contributed by atoms with Gasteiger partial charge < -0.3 is 14.4 Å². The second-order valence-corrected chi connectivity index (χ2v) is 8.72. The van der Waals surface area contributed by atoms with Gasteiger partial charge in [-0.25, -0.2) is 0 Å². The zero-order chi connectivity index (χ0) is 18.9. The van der Waals surface area contributed by atoms with E-state index in [4.69, 9.17) is 9.47 Å². The number of benzene rings is 1. The van der Waals surface area contributed by atoms with E-state index in [1.54, 1.807) is 28.7 Å². The van der Waals surface area contributed by atoms with Gasteiger partial charge in [0.15, 0.2) is 11.5 Å². The van der Waals surface area contributed by atoms with E-state index in [1.807, 2.05) is 35.2 Å². The minimum Gasteiger partial charge on any atom is -0.486 e. The largest absolute Gasteiger partial charge is 0.486 e. The van der Waals surface area contributed by atoms with Gasteiger partial charge in [0.05, 0.1) is 6.04 Å². The number of fused-ring (bicyclic) bond motifs is 2. The molecular formula is C22H19NO3S2. The first-order valence-corrected chi connectivity index (χ1v) is 11.0. The maximum Gasteiger partial charge on any atom is 0.247 e. The Morgan fingerprint density at radius 2 is 1.96 bits per heavy atom. The molecule has 3 aromatic rings. The molecule has 4 nitrogen and oxygen atoms in total. The molecule has 28 heavy (non-hydrogen) atoms. The third-order valence-electron chi connectivity index (χ3n) is 5.05. The number of ether oxygens (including phenoxy) is 2. The number of carbonyl (C=O) groups is 1. The van der Waals surface area contributed by atoms with Crippen LogP contribution in [0.5, 0.6) is 11.5 Å². The van der Waals surface area contributed by atoms with Crippen LogP contribution in [-0.4, -0.2) is 30.6 Å². The van der Waals surface area contributed by atoms with Crippen molar-refractivity contribution in [3.8, 4) is 11.5 Å². The van der Waals surface area contributed by atoms with Crippen molar-refractivity contribution in [3.63, 3.8) is 0 Å². The van der Waals surface area contributed by atoms with Gasteiger partial charge in [0.2, 0.25) is 5.91 Å². The molecule has 1 atom stereocenters. The lowest BCUT2D eigenvalue weighted by Crippen LogP contribution is -2.38. The Morgan fingerprint density at radius 1 is 1.07 bits per heavy atom. The topological polar surface area (TPSA) is 38.8 Å². The summed E-state index contributed by atoms with van der Waals surface area (Å²) in [6.07, 6.45) is 4.44. The second kappa shape index (κ2) is 7.45. The van der Waals surface area contributed by atoms with Gasteiger partial charge in [0.1, 0.15) is 13.2 Å². The SMILES string of the molecule is O=C(/C=C/c1ccc2c(c1)OCCO2)N1CCc2sccc2[C@H]1c1cccs1. The third kappa shape index (κ3) is 3.23. The van der Waals surface area contributed by atoms with Crippen LogP contribution >= 0.6 is 22.7 Å². The van der Waals surface area contributed by atoms with Crippen molar-refractivity contribution in [3.05, 3.63) is 74.1 Å². The smallest absolute Gasteiger partial charge is 0.247 e. The van der Waals surface area contributed by atoms with E-state index in [0.29, 0.717) is 13.2 Å². The fourth-order valence-electron chi connectivity index (χ4n) is 3.73. The van der Waals surface area contributed by atoms with Crippen LogP contribution in [0.15, 0.2) is 53.2 Å². The van der Waals surface area contributed by atoms with Crippen LogP contribution in [0.1, 0.15) is 26.9 Å². The molecule has 0 saturated heterocycles. The summed E-state index contributed by atoms with van der Waals surface area (Å²) in [5, 5.41) is 4.20. The molecule has 2 aliphatic heterocycles. The van der Waals surface area contributed by atoms with Gasteiger partial charge in [-0.05, 0) is 58.6 Å². The van der Waals surface area contributed by atoms with Crippen molar-refractivity contribution in [2.45, 2.75) is 12.5 Å². The summed E-state index contributed by atoms with van der Waals surface area (Å²) >= 11 is 3.49. The predicted molar refractivity (Wildman–Crippen MR) is 112 cm³/mol. The van der Waals surface area contributed by atoms with Crippen LogP contribution in [0.2, 0.25) is 0 Å². The Morgan fingerprint density at radius 3 is 2.82 bits per heavy atom. The van der Waals surface area contributed by atoms with Gasteiger partial charge in [-0.3, -0.25) is 4.79 Å². The highest BCUT2D eigenvalue weighted by Gasteiger charge is 2.32. The lowest BCUT2D eigenvalue weighted by Gasteiger charge is -2.34. The first-order chi connectivity index (χ1) is 13.8. The van der Waals surface area contributed by atoms with Crippen LogP contribution in [0.25, 0.3) is 6.08 Å². The standard InChI is InChI=1S/C22H19NO3S2/c24-21(6-4-15-3-5-17-18(14-15)26-11-10-25-17)23-9-7-19-16(8-13-28-19)22(23)20-2-1-12-27-20/h1-6,8,12-14,22H,7,9-11H2/b6-4+/t22-/m0/s1. The average Bonchev–Trinajstić information content (AvgIpc) is 3.43. The molecule has 0 unspecified atom stereocenters. The van der Waals surface area contributed by atoms with E-state index >= 15 is 0 Å². The molecule has 4 heterocycles. The first kappa shape index (κ1) is 17.5.